The lowest BCUT2D eigenvalue weighted by Crippen LogP contribution is -2.36. The molecule has 0 spiro atoms. The van der Waals surface area contributed by atoms with Crippen molar-refractivity contribution in [3.8, 4) is 11.5 Å². The van der Waals surface area contributed by atoms with Gasteiger partial charge in [0.05, 0.1) is 19.3 Å². The third-order valence-electron chi connectivity index (χ3n) is 4.97. The Balaban J connectivity index is 1.82. The Morgan fingerprint density at radius 3 is 2.59 bits per heavy atom. The number of nitrogens with one attached hydrogen (secondary N) is 1. The summed E-state index contributed by atoms with van der Waals surface area (Å²) in [4.78, 5) is 2.09. The molecule has 0 aliphatic carbocycles. The van der Waals surface area contributed by atoms with Gasteiger partial charge in [0.25, 0.3) is 0 Å². The molecule has 0 aliphatic rings. The summed E-state index contributed by atoms with van der Waals surface area (Å²) in [6, 6.07) is 8.35. The van der Waals surface area contributed by atoms with Crippen LogP contribution in [0.4, 0.5) is 0 Å². The summed E-state index contributed by atoms with van der Waals surface area (Å²) in [5.74, 6) is 1.32. The highest BCUT2D eigenvalue weighted by molar-refractivity contribution is 5.43. The van der Waals surface area contributed by atoms with Crippen molar-refractivity contribution in [3.63, 3.8) is 0 Å². The highest BCUT2D eigenvalue weighted by Gasteiger charge is 2.13. The topological polar surface area (TPSA) is 71.8 Å². The number of aromatic nitrogens is 2. The van der Waals surface area contributed by atoms with E-state index < -0.39 is 6.10 Å². The van der Waals surface area contributed by atoms with Gasteiger partial charge in [-0.3, -0.25) is 4.68 Å². The van der Waals surface area contributed by atoms with Crippen molar-refractivity contribution in [3.05, 3.63) is 41.2 Å². The fourth-order valence-corrected chi connectivity index (χ4v) is 3.04. The first-order valence-corrected chi connectivity index (χ1v) is 10.2. The maximum Gasteiger partial charge on any atom is 0.161 e. The minimum Gasteiger partial charge on any atom is -0.493 e. The number of hydrogen-bond acceptors (Lipinski definition) is 6. The van der Waals surface area contributed by atoms with Crippen LogP contribution < -0.4 is 14.8 Å². The lowest BCUT2D eigenvalue weighted by Gasteiger charge is -2.24. The van der Waals surface area contributed by atoms with Crippen molar-refractivity contribution in [2.45, 2.75) is 52.9 Å². The molecule has 7 heteroatoms. The second kappa shape index (κ2) is 11.2. The van der Waals surface area contributed by atoms with Gasteiger partial charge in [0.1, 0.15) is 12.7 Å². The van der Waals surface area contributed by atoms with Crippen LogP contribution in [0.3, 0.4) is 0 Å². The Morgan fingerprint density at radius 1 is 1.21 bits per heavy atom. The zero-order valence-corrected chi connectivity index (χ0v) is 18.6. The van der Waals surface area contributed by atoms with Crippen LogP contribution in [-0.2, 0) is 13.1 Å². The van der Waals surface area contributed by atoms with Gasteiger partial charge in [0, 0.05) is 31.4 Å². The first-order chi connectivity index (χ1) is 13.8. The van der Waals surface area contributed by atoms with Crippen LogP contribution in [0.25, 0.3) is 0 Å². The van der Waals surface area contributed by atoms with Crippen LogP contribution in [0.5, 0.6) is 11.5 Å². The fraction of sp³-hybridized carbons (Fsp3) is 0.591. The predicted octanol–water partition coefficient (Wildman–Crippen LogP) is 2.38. The van der Waals surface area contributed by atoms with E-state index in [4.69, 9.17) is 9.47 Å². The van der Waals surface area contributed by atoms with Gasteiger partial charge in [-0.05, 0) is 58.5 Å². The van der Waals surface area contributed by atoms with E-state index in [9.17, 15) is 5.11 Å². The third-order valence-corrected chi connectivity index (χ3v) is 4.97. The number of aryl methyl sites for hydroxylation is 2. The van der Waals surface area contributed by atoms with Crippen molar-refractivity contribution >= 4 is 0 Å². The average Bonchev–Trinajstić information content (AvgIpc) is 3.00. The molecule has 162 valence electrons. The predicted molar refractivity (Wildman–Crippen MR) is 116 cm³/mol. The van der Waals surface area contributed by atoms with E-state index in [-0.39, 0.29) is 6.61 Å². The molecule has 2 N–H and O–H groups in total. The molecular formula is C22H36N4O3. The monoisotopic (exact) mass is 404 g/mol. The first kappa shape index (κ1) is 23.2. The van der Waals surface area contributed by atoms with E-state index >= 15 is 0 Å². The molecule has 0 radical (unpaired) electrons. The van der Waals surface area contributed by atoms with Crippen LogP contribution in [0.15, 0.2) is 24.3 Å². The quantitative estimate of drug-likeness (QED) is 0.529. The molecule has 0 bridgehead atoms. The van der Waals surface area contributed by atoms with Crippen LogP contribution in [0.1, 0.15) is 30.8 Å². The largest absolute Gasteiger partial charge is 0.493 e. The molecule has 0 aliphatic heterocycles. The van der Waals surface area contributed by atoms with Crippen molar-refractivity contribution in [1.29, 1.82) is 0 Å². The van der Waals surface area contributed by atoms with Crippen LogP contribution >= 0.6 is 0 Å². The van der Waals surface area contributed by atoms with E-state index in [1.54, 1.807) is 7.11 Å². The van der Waals surface area contributed by atoms with Gasteiger partial charge in [-0.25, -0.2) is 0 Å². The van der Waals surface area contributed by atoms with Crippen LogP contribution in [-0.4, -0.2) is 65.8 Å². The number of hydrogen-bond donors (Lipinski definition) is 2. The number of likely N-dealkylation sites (N-methyl/N-ethyl adjacent to an activating group) is 1. The number of ether oxygens (including phenoxy) is 2. The number of benzene rings is 1. The van der Waals surface area contributed by atoms with Crippen molar-refractivity contribution in [2.24, 2.45) is 0 Å². The average molecular weight is 405 g/mol. The lowest BCUT2D eigenvalue weighted by molar-refractivity contribution is 0.0668. The molecule has 1 atom stereocenters. The van der Waals surface area contributed by atoms with Crippen LogP contribution in [0, 0.1) is 13.8 Å². The van der Waals surface area contributed by atoms with Gasteiger partial charge in [-0.2, -0.15) is 5.10 Å². The molecule has 2 aromatic rings. The fourth-order valence-electron chi connectivity index (χ4n) is 3.04. The Hall–Kier alpha value is -2.09. The van der Waals surface area contributed by atoms with Gasteiger partial charge in [-0.1, -0.05) is 6.07 Å². The highest BCUT2D eigenvalue weighted by atomic mass is 16.5. The molecule has 29 heavy (non-hydrogen) atoms. The maximum atomic E-state index is 10.2. The maximum absolute atomic E-state index is 10.2. The van der Waals surface area contributed by atoms with E-state index in [2.05, 4.69) is 42.2 Å². The normalized spacial score (nSPS) is 12.6. The van der Waals surface area contributed by atoms with Crippen molar-refractivity contribution < 1.29 is 14.6 Å². The van der Waals surface area contributed by atoms with Gasteiger partial charge in [0.2, 0.25) is 0 Å². The zero-order chi connectivity index (χ0) is 21.4. The number of rotatable bonds is 12. The second-order valence-corrected chi connectivity index (χ2v) is 7.81. The van der Waals surface area contributed by atoms with E-state index in [0.717, 1.165) is 30.9 Å². The summed E-state index contributed by atoms with van der Waals surface area (Å²) in [6.45, 7) is 11.5. The molecule has 1 aromatic heterocycles. The van der Waals surface area contributed by atoms with Gasteiger partial charge < -0.3 is 24.8 Å². The van der Waals surface area contributed by atoms with Crippen molar-refractivity contribution in [1.82, 2.24) is 20.0 Å². The summed E-state index contributed by atoms with van der Waals surface area (Å²) in [5, 5.41) is 18.1. The number of aliphatic hydroxyl groups excluding tert-OH is 1. The van der Waals surface area contributed by atoms with Gasteiger partial charge in [0.15, 0.2) is 11.5 Å². The van der Waals surface area contributed by atoms with Gasteiger partial charge >= 0.3 is 0 Å². The minimum atomic E-state index is -0.553. The van der Waals surface area contributed by atoms with Crippen LogP contribution in [0.2, 0.25) is 0 Å². The molecule has 7 nitrogen and oxygen atoms in total. The number of nitrogens with zero attached hydrogens (tertiary/aromatic N) is 3. The smallest absolute Gasteiger partial charge is 0.161 e. The molecule has 2 rings (SSSR count). The molecular weight excluding hydrogens is 368 g/mol. The SMILES string of the molecule is COc1cc(CNCCn2nc(C)cc2C)ccc1OCC(O)CN(C)C(C)C. The summed E-state index contributed by atoms with van der Waals surface area (Å²) in [6.07, 6.45) is -0.553. The highest BCUT2D eigenvalue weighted by Crippen LogP contribution is 2.28. The molecule has 0 saturated heterocycles. The van der Waals surface area contributed by atoms with E-state index in [1.165, 1.54) is 5.69 Å². The molecule has 1 unspecified atom stereocenters. The second-order valence-electron chi connectivity index (χ2n) is 7.81. The van der Waals surface area contributed by atoms with Gasteiger partial charge in [-0.15, -0.1) is 0 Å². The third kappa shape index (κ3) is 7.34. The zero-order valence-electron chi connectivity index (χ0n) is 18.6. The van der Waals surface area contributed by atoms with E-state index in [1.807, 2.05) is 36.9 Å². The standard InChI is InChI=1S/C22H36N4O3/c1-16(2)25(5)14-20(27)15-29-21-8-7-19(12-22(21)28-6)13-23-9-10-26-18(4)11-17(3)24-26/h7-8,11-12,16,20,23,27H,9-10,13-15H2,1-6H3. The Labute approximate surface area is 174 Å². The molecule has 0 amide bonds. The summed E-state index contributed by atoms with van der Waals surface area (Å²) < 4.78 is 13.3. The lowest BCUT2D eigenvalue weighted by atomic mass is 10.2. The molecule has 0 saturated carbocycles. The number of methoxy groups -OCH3 is 1. The Bertz CT molecular complexity index is 761. The Kier molecular flexibility index (Phi) is 8.95. The summed E-state index contributed by atoms with van der Waals surface area (Å²) in [7, 11) is 3.62. The Morgan fingerprint density at radius 2 is 1.97 bits per heavy atom. The number of aliphatic hydroxyl groups is 1. The minimum absolute atomic E-state index is 0.230. The summed E-state index contributed by atoms with van der Waals surface area (Å²) in [5.41, 5.74) is 3.33. The molecule has 1 heterocycles. The molecule has 1 aromatic carbocycles. The first-order valence-electron chi connectivity index (χ1n) is 10.2. The summed E-state index contributed by atoms with van der Waals surface area (Å²) >= 11 is 0. The van der Waals surface area contributed by atoms with Crippen molar-refractivity contribution in [2.75, 3.05) is 33.9 Å². The molecule has 0 fully saturated rings. The van der Waals surface area contributed by atoms with E-state index in [0.29, 0.717) is 24.1 Å².